The number of nitrogens with zero attached hydrogens (tertiary/aromatic N) is 4. The van der Waals surface area contributed by atoms with E-state index in [0.717, 1.165) is 47.4 Å². The summed E-state index contributed by atoms with van der Waals surface area (Å²) in [5, 5.41) is 0.847. The molecule has 2 aliphatic heterocycles. The molecule has 2 aliphatic rings. The van der Waals surface area contributed by atoms with E-state index in [4.69, 9.17) is 15.5 Å². The fraction of sp³-hybridized carbons (Fsp3) is 0.346. The third-order valence-electron chi connectivity index (χ3n) is 7.20. The molecule has 0 aliphatic carbocycles. The number of piperidine rings is 1. The number of nitrogens with two attached hydrogens (primary N) is 1. The van der Waals surface area contributed by atoms with Crippen molar-refractivity contribution in [2.24, 2.45) is 12.8 Å². The van der Waals surface area contributed by atoms with Crippen LogP contribution in [-0.4, -0.2) is 39.2 Å². The molecule has 0 bridgehead atoms. The van der Waals surface area contributed by atoms with Crippen LogP contribution in [0.25, 0.3) is 21.9 Å². The number of hydrogen-bond acceptors (Lipinski definition) is 6. The average Bonchev–Trinajstić information content (AvgIpc) is 3.39. The number of carbonyl (C=O) groups excluding carboxylic acids is 1. The summed E-state index contributed by atoms with van der Waals surface area (Å²) in [6, 6.07) is 12.0. The van der Waals surface area contributed by atoms with Crippen molar-refractivity contribution in [2.75, 3.05) is 18.0 Å². The lowest BCUT2D eigenvalue weighted by molar-refractivity contribution is 0.0535. The highest BCUT2D eigenvalue weighted by molar-refractivity contribution is 6.07. The maximum absolute atomic E-state index is 13.7. The topological polar surface area (TPSA) is 95.4 Å². The van der Waals surface area contributed by atoms with Crippen LogP contribution in [0.3, 0.4) is 0 Å². The van der Waals surface area contributed by atoms with Crippen LogP contribution in [0.15, 0.2) is 41.2 Å². The van der Waals surface area contributed by atoms with Gasteiger partial charge in [-0.25, -0.2) is 9.78 Å². The first-order valence-electron chi connectivity index (χ1n) is 11.7. The van der Waals surface area contributed by atoms with Gasteiger partial charge in [0, 0.05) is 37.1 Å². The normalized spacial score (nSPS) is 18.0. The number of cyclic esters (lactones) is 1. The number of aryl methyl sites for hydroxylation is 2. The van der Waals surface area contributed by atoms with E-state index in [1.807, 2.05) is 22.8 Å². The van der Waals surface area contributed by atoms with Crippen molar-refractivity contribution in [3.63, 3.8) is 0 Å². The second-order valence-electron chi connectivity index (χ2n) is 9.44. The number of anilines is 1. The highest BCUT2D eigenvalue weighted by Crippen LogP contribution is 2.32. The summed E-state index contributed by atoms with van der Waals surface area (Å²) in [7, 11) is 1.75. The minimum Gasteiger partial charge on any atom is -0.457 e. The highest BCUT2D eigenvalue weighted by Gasteiger charge is 2.28. The van der Waals surface area contributed by atoms with Crippen LogP contribution < -0.4 is 16.2 Å². The van der Waals surface area contributed by atoms with E-state index in [1.54, 1.807) is 17.7 Å². The summed E-state index contributed by atoms with van der Waals surface area (Å²) in [6.07, 6.45) is 1.97. The van der Waals surface area contributed by atoms with Gasteiger partial charge in [-0.1, -0.05) is 24.3 Å². The standard InChI is InChI=1S/C26H27N5O3/c1-15-6-3-4-7-16(15)12-31-23-22(28-26(31)30-9-5-8-18(27)13-30)20-10-17-14-34-25(33)19(17)11-21(20)29(2)24(23)32/h3-4,6-7,10-11,18H,5,8-9,12-14,27H2,1-2H3/t18-/m1/s1. The number of fused-ring (bicyclic) bond motifs is 4. The molecule has 2 N–H and O–H groups in total. The first kappa shape index (κ1) is 20.9. The van der Waals surface area contributed by atoms with Crippen molar-refractivity contribution in [2.45, 2.75) is 39.0 Å². The average molecular weight is 458 g/mol. The van der Waals surface area contributed by atoms with Crippen LogP contribution in [0.1, 0.15) is 39.9 Å². The molecule has 8 nitrogen and oxygen atoms in total. The Morgan fingerprint density at radius 1 is 1.21 bits per heavy atom. The van der Waals surface area contributed by atoms with Gasteiger partial charge in [0.1, 0.15) is 17.6 Å². The van der Waals surface area contributed by atoms with Gasteiger partial charge < -0.3 is 24.5 Å². The zero-order valence-corrected chi connectivity index (χ0v) is 19.4. The predicted octanol–water partition coefficient (Wildman–Crippen LogP) is 2.84. The molecule has 0 unspecified atom stereocenters. The molecule has 0 radical (unpaired) electrons. The minimum atomic E-state index is -0.350. The van der Waals surface area contributed by atoms with Gasteiger partial charge in [-0.3, -0.25) is 4.79 Å². The lowest BCUT2D eigenvalue weighted by Gasteiger charge is -2.32. The molecule has 0 amide bonds. The number of pyridine rings is 1. The van der Waals surface area contributed by atoms with E-state index in [9.17, 15) is 9.59 Å². The molecular formula is C26H27N5O3. The summed E-state index contributed by atoms with van der Waals surface area (Å²) in [6.45, 7) is 4.41. The lowest BCUT2D eigenvalue weighted by Crippen LogP contribution is -2.44. The lowest BCUT2D eigenvalue weighted by atomic mass is 10.0. The van der Waals surface area contributed by atoms with Crippen LogP contribution in [0, 0.1) is 6.92 Å². The number of carbonyl (C=O) groups is 1. The molecule has 4 aromatic rings. The summed E-state index contributed by atoms with van der Waals surface area (Å²) < 4.78 is 8.90. The van der Waals surface area contributed by atoms with Gasteiger partial charge in [0.2, 0.25) is 5.95 Å². The van der Waals surface area contributed by atoms with E-state index in [-0.39, 0.29) is 24.2 Å². The summed E-state index contributed by atoms with van der Waals surface area (Å²) >= 11 is 0. The Morgan fingerprint density at radius 3 is 2.82 bits per heavy atom. The molecule has 1 saturated heterocycles. The maximum Gasteiger partial charge on any atom is 0.338 e. The second-order valence-corrected chi connectivity index (χ2v) is 9.44. The van der Waals surface area contributed by atoms with Crippen LogP contribution in [0.2, 0.25) is 0 Å². The van der Waals surface area contributed by atoms with Gasteiger partial charge in [0.25, 0.3) is 5.56 Å². The minimum absolute atomic E-state index is 0.0754. The van der Waals surface area contributed by atoms with E-state index in [0.29, 0.717) is 35.2 Å². The Morgan fingerprint density at radius 2 is 2.03 bits per heavy atom. The molecule has 1 fully saturated rings. The Bertz CT molecular complexity index is 1530. The van der Waals surface area contributed by atoms with E-state index in [2.05, 4.69) is 24.0 Å². The molecule has 34 heavy (non-hydrogen) atoms. The summed E-state index contributed by atoms with van der Waals surface area (Å²) in [5.74, 6) is 0.420. The molecule has 0 saturated carbocycles. The SMILES string of the molecule is Cc1ccccc1Cn1c(N2CCC[C@@H](N)C2)nc2c3cc4c(cc3n(C)c(=O)c21)C(=O)OC4. The largest absolute Gasteiger partial charge is 0.457 e. The Kier molecular flexibility index (Phi) is 4.74. The van der Waals surface area contributed by atoms with E-state index >= 15 is 0 Å². The summed E-state index contributed by atoms with van der Waals surface area (Å²) in [4.78, 5) is 33.1. The van der Waals surface area contributed by atoms with Crippen LogP contribution >= 0.6 is 0 Å². The Balaban J connectivity index is 1.66. The molecule has 0 spiro atoms. The van der Waals surface area contributed by atoms with Gasteiger partial charge >= 0.3 is 5.97 Å². The van der Waals surface area contributed by atoms with Crippen LogP contribution in [0.5, 0.6) is 0 Å². The number of rotatable bonds is 3. The third kappa shape index (κ3) is 3.13. The quantitative estimate of drug-likeness (QED) is 0.476. The third-order valence-corrected chi connectivity index (χ3v) is 7.20. The molecule has 8 heteroatoms. The smallest absolute Gasteiger partial charge is 0.338 e. The van der Waals surface area contributed by atoms with Crippen molar-refractivity contribution in [3.8, 4) is 0 Å². The number of benzene rings is 2. The number of imidazole rings is 1. The predicted molar refractivity (Wildman–Crippen MR) is 131 cm³/mol. The number of esters is 1. The maximum atomic E-state index is 13.7. The molecule has 1 atom stereocenters. The summed E-state index contributed by atoms with van der Waals surface area (Å²) in [5.41, 5.74) is 11.7. The zero-order chi connectivity index (χ0) is 23.6. The van der Waals surface area contributed by atoms with Gasteiger partial charge in [-0.2, -0.15) is 0 Å². The van der Waals surface area contributed by atoms with Crippen LogP contribution in [-0.2, 0) is 24.9 Å². The first-order valence-corrected chi connectivity index (χ1v) is 11.7. The molecule has 4 heterocycles. The van der Waals surface area contributed by atoms with Crippen molar-refractivity contribution in [1.29, 1.82) is 0 Å². The Hall–Kier alpha value is -3.65. The molecule has 2 aromatic carbocycles. The molecule has 2 aromatic heterocycles. The van der Waals surface area contributed by atoms with Gasteiger partial charge in [0.15, 0.2) is 0 Å². The van der Waals surface area contributed by atoms with Crippen LogP contribution in [0.4, 0.5) is 5.95 Å². The number of hydrogen-bond donors (Lipinski definition) is 1. The number of ether oxygens (including phenoxy) is 1. The zero-order valence-electron chi connectivity index (χ0n) is 19.4. The fourth-order valence-corrected chi connectivity index (χ4v) is 5.29. The Labute approximate surface area is 196 Å². The molecule has 6 rings (SSSR count). The fourth-order valence-electron chi connectivity index (χ4n) is 5.29. The number of aromatic nitrogens is 3. The highest BCUT2D eigenvalue weighted by atomic mass is 16.5. The van der Waals surface area contributed by atoms with E-state index in [1.165, 1.54) is 0 Å². The molecule has 174 valence electrons. The first-order chi connectivity index (χ1) is 16.4. The molecular weight excluding hydrogens is 430 g/mol. The van der Waals surface area contributed by atoms with Gasteiger partial charge in [0.05, 0.1) is 17.6 Å². The van der Waals surface area contributed by atoms with Crippen molar-refractivity contribution in [3.05, 3.63) is 69.0 Å². The van der Waals surface area contributed by atoms with E-state index < -0.39 is 0 Å². The second kappa shape index (κ2) is 7.70. The van der Waals surface area contributed by atoms with Crippen molar-refractivity contribution < 1.29 is 9.53 Å². The van der Waals surface area contributed by atoms with Gasteiger partial charge in [-0.15, -0.1) is 0 Å². The monoisotopic (exact) mass is 457 g/mol. The van der Waals surface area contributed by atoms with Gasteiger partial charge in [-0.05, 0) is 43.0 Å². The van der Waals surface area contributed by atoms with Crippen molar-refractivity contribution in [1.82, 2.24) is 14.1 Å². The van der Waals surface area contributed by atoms with Crippen molar-refractivity contribution >= 4 is 33.9 Å².